The number of hydrogen-bond donors (Lipinski definition) is 0. The standard InChI is InChI=1S/C16H26O2Si/c1-7-15(14-11-9-8-10-12-14)16(17-13(2)3)18-19(4,5)6/h8-13H,7H2,1-6H3/b16-15-. The fourth-order valence-corrected chi connectivity index (χ4v) is 2.48. The van der Waals surface area contributed by atoms with Gasteiger partial charge in [0.2, 0.25) is 8.32 Å². The van der Waals surface area contributed by atoms with Crippen LogP contribution in [0.15, 0.2) is 36.3 Å². The summed E-state index contributed by atoms with van der Waals surface area (Å²) in [7, 11) is -1.68. The zero-order chi connectivity index (χ0) is 14.5. The minimum Gasteiger partial charge on any atom is -0.519 e. The molecule has 1 aromatic carbocycles. The van der Waals surface area contributed by atoms with Gasteiger partial charge < -0.3 is 9.16 Å². The van der Waals surface area contributed by atoms with Crippen molar-refractivity contribution in [2.45, 2.75) is 52.9 Å². The molecule has 0 heterocycles. The third kappa shape index (κ3) is 5.51. The van der Waals surface area contributed by atoms with Crippen LogP contribution in [0.4, 0.5) is 0 Å². The van der Waals surface area contributed by atoms with Crippen LogP contribution in [0.5, 0.6) is 0 Å². The van der Waals surface area contributed by atoms with Gasteiger partial charge in [-0.2, -0.15) is 0 Å². The van der Waals surface area contributed by atoms with E-state index in [2.05, 4.69) is 38.7 Å². The van der Waals surface area contributed by atoms with Crippen molar-refractivity contribution >= 4 is 13.9 Å². The van der Waals surface area contributed by atoms with Gasteiger partial charge in [0, 0.05) is 5.57 Å². The number of benzene rings is 1. The summed E-state index contributed by atoms with van der Waals surface area (Å²) in [4.78, 5) is 0. The Labute approximate surface area is 118 Å². The Hall–Kier alpha value is -1.22. The van der Waals surface area contributed by atoms with E-state index in [-0.39, 0.29) is 6.10 Å². The first-order valence-corrected chi connectivity index (χ1v) is 10.4. The lowest BCUT2D eigenvalue weighted by Gasteiger charge is -2.25. The van der Waals surface area contributed by atoms with E-state index in [1.807, 2.05) is 32.0 Å². The SMILES string of the molecule is CC/C(=C(\OC(C)C)O[Si](C)(C)C)c1ccccc1. The van der Waals surface area contributed by atoms with Gasteiger partial charge in [0.15, 0.2) is 0 Å². The van der Waals surface area contributed by atoms with Crippen molar-refractivity contribution in [1.82, 2.24) is 0 Å². The first kappa shape index (κ1) is 15.8. The lowest BCUT2D eigenvalue weighted by Crippen LogP contribution is -2.27. The fourth-order valence-electron chi connectivity index (χ4n) is 1.75. The molecule has 3 heteroatoms. The van der Waals surface area contributed by atoms with E-state index in [4.69, 9.17) is 9.16 Å². The molecule has 0 atom stereocenters. The zero-order valence-corrected chi connectivity index (χ0v) is 14.0. The van der Waals surface area contributed by atoms with Gasteiger partial charge in [0.1, 0.15) is 0 Å². The van der Waals surface area contributed by atoms with E-state index in [0.29, 0.717) is 5.95 Å². The van der Waals surface area contributed by atoms with Crippen LogP contribution >= 0.6 is 0 Å². The third-order valence-electron chi connectivity index (χ3n) is 2.46. The summed E-state index contributed by atoms with van der Waals surface area (Å²) in [5.74, 6) is 0.711. The molecule has 0 saturated carbocycles. The molecule has 2 nitrogen and oxygen atoms in total. The van der Waals surface area contributed by atoms with E-state index in [9.17, 15) is 0 Å². The van der Waals surface area contributed by atoms with Crippen LogP contribution in [0, 0.1) is 0 Å². The van der Waals surface area contributed by atoms with Gasteiger partial charge in [-0.1, -0.05) is 37.3 Å². The van der Waals surface area contributed by atoms with Gasteiger partial charge >= 0.3 is 0 Å². The summed E-state index contributed by atoms with van der Waals surface area (Å²) in [6.45, 7) is 12.7. The molecule has 0 radical (unpaired) electrons. The molecule has 0 unspecified atom stereocenters. The Kier molecular flexibility index (Phi) is 5.67. The van der Waals surface area contributed by atoms with Crippen LogP contribution in [0.3, 0.4) is 0 Å². The van der Waals surface area contributed by atoms with Crippen molar-refractivity contribution in [2.24, 2.45) is 0 Å². The summed E-state index contributed by atoms with van der Waals surface area (Å²) < 4.78 is 12.1. The van der Waals surface area contributed by atoms with Crippen LogP contribution in [-0.4, -0.2) is 14.4 Å². The van der Waals surface area contributed by atoms with Gasteiger partial charge in [0.05, 0.1) is 6.10 Å². The molecular formula is C16H26O2Si. The maximum atomic E-state index is 6.15. The van der Waals surface area contributed by atoms with E-state index < -0.39 is 8.32 Å². The molecular weight excluding hydrogens is 252 g/mol. The van der Waals surface area contributed by atoms with Crippen LogP contribution in [0.1, 0.15) is 32.8 Å². The number of allylic oxidation sites excluding steroid dienone is 1. The second-order valence-corrected chi connectivity index (χ2v) is 10.3. The zero-order valence-electron chi connectivity index (χ0n) is 13.0. The number of rotatable bonds is 6. The molecule has 0 N–H and O–H groups in total. The number of hydrogen-bond acceptors (Lipinski definition) is 2. The molecule has 0 amide bonds. The van der Waals surface area contributed by atoms with Crippen molar-refractivity contribution in [2.75, 3.05) is 0 Å². The second-order valence-electron chi connectivity index (χ2n) is 5.87. The molecule has 1 rings (SSSR count). The minimum absolute atomic E-state index is 0.122. The maximum Gasteiger partial charge on any atom is 0.269 e. The molecule has 0 spiro atoms. The highest BCUT2D eigenvalue weighted by molar-refractivity contribution is 6.70. The summed E-state index contributed by atoms with van der Waals surface area (Å²) in [6, 6.07) is 10.3. The first-order chi connectivity index (χ1) is 8.83. The van der Waals surface area contributed by atoms with E-state index >= 15 is 0 Å². The Morgan fingerprint density at radius 2 is 1.68 bits per heavy atom. The molecule has 19 heavy (non-hydrogen) atoms. The Balaban J connectivity index is 3.18. The van der Waals surface area contributed by atoms with E-state index in [0.717, 1.165) is 12.0 Å². The molecule has 0 saturated heterocycles. The van der Waals surface area contributed by atoms with E-state index in [1.165, 1.54) is 5.56 Å². The van der Waals surface area contributed by atoms with Gasteiger partial charge in [-0.3, -0.25) is 0 Å². The first-order valence-electron chi connectivity index (χ1n) is 6.97. The smallest absolute Gasteiger partial charge is 0.269 e. The van der Waals surface area contributed by atoms with Gasteiger partial charge in [-0.15, -0.1) is 0 Å². The molecule has 0 aliphatic rings. The average molecular weight is 278 g/mol. The van der Waals surface area contributed by atoms with Gasteiger partial charge in [0.25, 0.3) is 5.95 Å². The summed E-state index contributed by atoms with van der Waals surface area (Å²) in [6.07, 6.45) is 1.02. The lowest BCUT2D eigenvalue weighted by atomic mass is 10.0. The van der Waals surface area contributed by atoms with Crippen molar-refractivity contribution in [3.8, 4) is 0 Å². The highest BCUT2D eigenvalue weighted by Gasteiger charge is 2.22. The van der Waals surface area contributed by atoms with Crippen LogP contribution in [0.25, 0.3) is 5.57 Å². The van der Waals surface area contributed by atoms with Crippen molar-refractivity contribution in [3.05, 3.63) is 41.8 Å². The van der Waals surface area contributed by atoms with Crippen molar-refractivity contribution < 1.29 is 9.16 Å². The monoisotopic (exact) mass is 278 g/mol. The van der Waals surface area contributed by atoms with Gasteiger partial charge in [-0.25, -0.2) is 0 Å². The molecule has 106 valence electrons. The highest BCUT2D eigenvalue weighted by Crippen LogP contribution is 2.27. The van der Waals surface area contributed by atoms with Crippen LogP contribution < -0.4 is 0 Å². The minimum atomic E-state index is -1.68. The van der Waals surface area contributed by atoms with Gasteiger partial charge in [-0.05, 0) is 45.5 Å². The van der Waals surface area contributed by atoms with Crippen LogP contribution in [0.2, 0.25) is 19.6 Å². The topological polar surface area (TPSA) is 18.5 Å². The quantitative estimate of drug-likeness (QED) is 0.536. The number of ether oxygens (including phenoxy) is 1. The summed E-state index contributed by atoms with van der Waals surface area (Å²) in [5.41, 5.74) is 2.33. The molecule has 0 aliphatic carbocycles. The molecule has 0 fully saturated rings. The Morgan fingerprint density at radius 3 is 2.11 bits per heavy atom. The van der Waals surface area contributed by atoms with Crippen molar-refractivity contribution in [1.29, 1.82) is 0 Å². The molecule has 0 aliphatic heterocycles. The second kappa shape index (κ2) is 6.80. The Bertz CT molecular complexity index is 416. The largest absolute Gasteiger partial charge is 0.519 e. The molecule has 0 bridgehead atoms. The Morgan fingerprint density at radius 1 is 1.11 bits per heavy atom. The fraction of sp³-hybridized carbons (Fsp3) is 0.500. The lowest BCUT2D eigenvalue weighted by molar-refractivity contribution is 0.0617. The molecule has 1 aromatic rings. The summed E-state index contributed by atoms with van der Waals surface area (Å²) in [5, 5.41) is 0. The maximum absolute atomic E-state index is 6.15. The predicted molar refractivity (Wildman–Crippen MR) is 84.3 cm³/mol. The van der Waals surface area contributed by atoms with Crippen molar-refractivity contribution in [3.63, 3.8) is 0 Å². The summed E-state index contributed by atoms with van der Waals surface area (Å²) >= 11 is 0. The highest BCUT2D eigenvalue weighted by atomic mass is 28.4. The molecule has 0 aromatic heterocycles. The van der Waals surface area contributed by atoms with Crippen LogP contribution in [-0.2, 0) is 9.16 Å². The normalized spacial score (nSPS) is 13.2. The average Bonchev–Trinajstić information content (AvgIpc) is 2.28. The predicted octanol–water partition coefficient (Wildman–Crippen LogP) is 5.04. The van der Waals surface area contributed by atoms with E-state index in [1.54, 1.807) is 0 Å². The third-order valence-corrected chi connectivity index (χ3v) is 3.26.